The van der Waals surface area contributed by atoms with Gasteiger partial charge in [0.2, 0.25) is 0 Å². The number of halogens is 1. The molecule has 0 aromatic heterocycles. The number of ether oxygens (including phenoxy) is 3. The molecule has 146 valence electrons. The molecule has 0 saturated carbocycles. The zero-order valence-electron chi connectivity index (χ0n) is 15.4. The smallest absolute Gasteiger partial charge is 0.191 e. The summed E-state index contributed by atoms with van der Waals surface area (Å²) < 4.78 is 17.1. The number of nitrogens with zero attached hydrogens (tertiary/aromatic N) is 1. The highest BCUT2D eigenvalue weighted by Gasteiger charge is 2.22. The molecule has 2 heterocycles. The van der Waals surface area contributed by atoms with Crippen LogP contribution in [0, 0.1) is 0 Å². The second-order valence-corrected chi connectivity index (χ2v) is 6.47. The first-order chi connectivity index (χ1) is 12.3. The van der Waals surface area contributed by atoms with Gasteiger partial charge in [0, 0.05) is 39.8 Å². The molecule has 0 radical (unpaired) electrons. The minimum absolute atomic E-state index is 0. The van der Waals surface area contributed by atoms with Gasteiger partial charge in [0.15, 0.2) is 5.96 Å². The minimum atomic E-state index is 0. The average Bonchev–Trinajstić information content (AvgIpc) is 3.08. The highest BCUT2D eigenvalue weighted by molar-refractivity contribution is 14.0. The Bertz CT molecular complexity index is 540. The maximum atomic E-state index is 5.94. The van der Waals surface area contributed by atoms with Crippen LogP contribution < -0.4 is 15.4 Å². The van der Waals surface area contributed by atoms with Gasteiger partial charge in [0.25, 0.3) is 0 Å². The fraction of sp³-hybridized carbons (Fsp3) is 0.632. The second kappa shape index (κ2) is 11.6. The first-order valence-corrected chi connectivity index (χ1v) is 9.23. The van der Waals surface area contributed by atoms with Crippen LogP contribution in [-0.4, -0.2) is 58.1 Å². The largest absolute Gasteiger partial charge is 0.488 e. The van der Waals surface area contributed by atoms with Crippen molar-refractivity contribution in [2.75, 3.05) is 40.0 Å². The van der Waals surface area contributed by atoms with Crippen molar-refractivity contribution in [1.82, 2.24) is 10.6 Å². The number of fused-ring (bicyclic) bond motifs is 1. The Labute approximate surface area is 173 Å². The fourth-order valence-corrected chi connectivity index (χ4v) is 3.17. The summed E-state index contributed by atoms with van der Waals surface area (Å²) in [5.74, 6) is 1.81. The molecule has 0 aliphatic carbocycles. The summed E-state index contributed by atoms with van der Waals surface area (Å²) in [6.45, 7) is 4.01. The number of nitrogens with one attached hydrogen (secondary N) is 2. The van der Waals surface area contributed by atoms with Crippen molar-refractivity contribution in [3.8, 4) is 5.75 Å². The summed E-state index contributed by atoms with van der Waals surface area (Å²) in [5.41, 5.74) is 1.28. The number of para-hydroxylation sites is 1. The van der Waals surface area contributed by atoms with Crippen LogP contribution in [0.2, 0.25) is 0 Å². The lowest BCUT2D eigenvalue weighted by Crippen LogP contribution is -2.42. The Kier molecular flexibility index (Phi) is 9.49. The number of hydrogen-bond donors (Lipinski definition) is 2. The SMILES string of the molecule is CN=C(NCCCOC1CCOCC1)NCC1Cc2ccccc2O1.I. The summed E-state index contributed by atoms with van der Waals surface area (Å²) in [4.78, 5) is 4.27. The van der Waals surface area contributed by atoms with Crippen LogP contribution in [0.5, 0.6) is 5.75 Å². The summed E-state index contributed by atoms with van der Waals surface area (Å²) in [6.07, 6.45) is 4.46. The lowest BCUT2D eigenvalue weighted by Gasteiger charge is -2.22. The summed E-state index contributed by atoms with van der Waals surface area (Å²) in [5, 5.41) is 6.67. The molecule has 6 nitrogen and oxygen atoms in total. The van der Waals surface area contributed by atoms with Gasteiger partial charge in [-0.1, -0.05) is 18.2 Å². The summed E-state index contributed by atoms with van der Waals surface area (Å²) >= 11 is 0. The molecule has 3 rings (SSSR count). The highest BCUT2D eigenvalue weighted by atomic mass is 127. The fourth-order valence-electron chi connectivity index (χ4n) is 3.17. The van der Waals surface area contributed by atoms with Crippen molar-refractivity contribution in [1.29, 1.82) is 0 Å². The number of hydrogen-bond acceptors (Lipinski definition) is 4. The van der Waals surface area contributed by atoms with E-state index >= 15 is 0 Å². The molecular formula is C19H30IN3O3. The van der Waals surface area contributed by atoms with Gasteiger partial charge in [0.1, 0.15) is 11.9 Å². The van der Waals surface area contributed by atoms with Gasteiger partial charge >= 0.3 is 0 Å². The van der Waals surface area contributed by atoms with Gasteiger partial charge in [-0.15, -0.1) is 24.0 Å². The Morgan fingerprint density at radius 2 is 2.04 bits per heavy atom. The summed E-state index contributed by atoms with van der Waals surface area (Å²) in [7, 11) is 1.79. The molecular weight excluding hydrogens is 445 g/mol. The minimum Gasteiger partial charge on any atom is -0.488 e. The van der Waals surface area contributed by atoms with Crippen LogP contribution in [0.3, 0.4) is 0 Å². The van der Waals surface area contributed by atoms with E-state index in [0.717, 1.165) is 70.3 Å². The quantitative estimate of drug-likeness (QED) is 0.275. The van der Waals surface area contributed by atoms with Crippen molar-refractivity contribution in [3.63, 3.8) is 0 Å². The molecule has 1 aromatic rings. The zero-order chi connectivity index (χ0) is 17.3. The van der Waals surface area contributed by atoms with E-state index in [9.17, 15) is 0 Å². The topological polar surface area (TPSA) is 64.1 Å². The molecule has 7 heteroatoms. The van der Waals surface area contributed by atoms with Crippen LogP contribution in [0.15, 0.2) is 29.3 Å². The van der Waals surface area contributed by atoms with Crippen LogP contribution in [-0.2, 0) is 15.9 Å². The van der Waals surface area contributed by atoms with Gasteiger partial charge < -0.3 is 24.8 Å². The molecule has 0 bridgehead atoms. The molecule has 2 aliphatic rings. The highest BCUT2D eigenvalue weighted by Crippen LogP contribution is 2.27. The Morgan fingerprint density at radius 3 is 2.81 bits per heavy atom. The number of benzene rings is 1. The maximum absolute atomic E-state index is 5.94. The second-order valence-electron chi connectivity index (χ2n) is 6.47. The third-order valence-corrected chi connectivity index (χ3v) is 4.57. The predicted octanol–water partition coefficient (Wildman–Crippen LogP) is 2.36. The zero-order valence-corrected chi connectivity index (χ0v) is 17.7. The third-order valence-electron chi connectivity index (χ3n) is 4.57. The monoisotopic (exact) mass is 475 g/mol. The van der Waals surface area contributed by atoms with Gasteiger partial charge in [-0.25, -0.2) is 0 Å². The average molecular weight is 475 g/mol. The lowest BCUT2D eigenvalue weighted by molar-refractivity contribution is -0.0320. The van der Waals surface area contributed by atoms with E-state index in [1.807, 2.05) is 12.1 Å². The van der Waals surface area contributed by atoms with Crippen LogP contribution >= 0.6 is 24.0 Å². The molecule has 2 aliphatic heterocycles. The van der Waals surface area contributed by atoms with E-state index in [0.29, 0.717) is 6.10 Å². The van der Waals surface area contributed by atoms with Gasteiger partial charge in [-0.3, -0.25) is 4.99 Å². The lowest BCUT2D eigenvalue weighted by atomic mass is 10.1. The van der Waals surface area contributed by atoms with E-state index in [-0.39, 0.29) is 30.1 Å². The van der Waals surface area contributed by atoms with Crippen molar-refractivity contribution >= 4 is 29.9 Å². The van der Waals surface area contributed by atoms with Gasteiger partial charge in [-0.2, -0.15) is 0 Å². The third kappa shape index (κ3) is 6.59. The molecule has 1 atom stereocenters. The molecule has 0 amide bonds. The number of rotatable bonds is 7. The van der Waals surface area contributed by atoms with Crippen LogP contribution in [0.25, 0.3) is 0 Å². The molecule has 1 unspecified atom stereocenters. The van der Waals surface area contributed by atoms with Crippen molar-refractivity contribution in [3.05, 3.63) is 29.8 Å². The Hall–Kier alpha value is -1.06. The summed E-state index contributed by atoms with van der Waals surface area (Å²) in [6, 6.07) is 8.22. The number of guanidine groups is 1. The van der Waals surface area contributed by atoms with Gasteiger partial charge in [-0.05, 0) is 30.9 Å². The first-order valence-electron chi connectivity index (χ1n) is 9.23. The van der Waals surface area contributed by atoms with Crippen LogP contribution in [0.1, 0.15) is 24.8 Å². The standard InChI is InChI=1S/C19H29N3O3.HI/c1-20-19(21-9-4-10-24-16-7-11-23-12-8-16)22-14-17-13-15-5-2-3-6-18(15)25-17;/h2-3,5-6,16-17H,4,7-14H2,1H3,(H2,20,21,22);1H. The van der Waals surface area contributed by atoms with Crippen molar-refractivity contribution < 1.29 is 14.2 Å². The molecule has 1 fully saturated rings. The first kappa shape index (κ1) is 21.2. The van der Waals surface area contributed by atoms with E-state index < -0.39 is 0 Å². The van der Waals surface area contributed by atoms with E-state index in [1.165, 1.54) is 5.56 Å². The molecule has 1 saturated heterocycles. The number of aliphatic imine (C=N–C) groups is 1. The Balaban J connectivity index is 0.00000243. The molecule has 26 heavy (non-hydrogen) atoms. The molecule has 2 N–H and O–H groups in total. The molecule has 0 spiro atoms. The van der Waals surface area contributed by atoms with E-state index in [1.54, 1.807) is 7.05 Å². The van der Waals surface area contributed by atoms with Gasteiger partial charge in [0.05, 0.1) is 12.6 Å². The van der Waals surface area contributed by atoms with Crippen LogP contribution in [0.4, 0.5) is 0 Å². The van der Waals surface area contributed by atoms with Crippen molar-refractivity contribution in [2.24, 2.45) is 4.99 Å². The Morgan fingerprint density at radius 1 is 1.23 bits per heavy atom. The van der Waals surface area contributed by atoms with Crippen molar-refractivity contribution in [2.45, 2.75) is 37.9 Å². The molecule has 1 aromatic carbocycles. The van der Waals surface area contributed by atoms with E-state index in [2.05, 4.69) is 27.8 Å². The predicted molar refractivity (Wildman–Crippen MR) is 114 cm³/mol. The normalized spacial score (nSPS) is 20.0. The van der Waals surface area contributed by atoms with E-state index in [4.69, 9.17) is 14.2 Å². The maximum Gasteiger partial charge on any atom is 0.191 e.